The number of tetrazole rings is 1. The van der Waals surface area contributed by atoms with Gasteiger partial charge in [0.05, 0.1) is 25.3 Å². The van der Waals surface area contributed by atoms with E-state index in [1.54, 1.807) is 36.1 Å². The molecule has 0 N–H and O–H groups in total. The van der Waals surface area contributed by atoms with Crippen LogP contribution >= 0.6 is 0 Å². The summed E-state index contributed by atoms with van der Waals surface area (Å²) in [5, 5.41) is 11.7. The van der Waals surface area contributed by atoms with Gasteiger partial charge in [-0.1, -0.05) is 12.1 Å². The zero-order valence-corrected chi connectivity index (χ0v) is 20.0. The Morgan fingerprint density at radius 2 is 1.94 bits per heavy atom. The number of nitrogens with zero attached hydrogens (tertiary/aromatic N) is 6. The number of pyridine rings is 1. The van der Waals surface area contributed by atoms with Gasteiger partial charge >= 0.3 is 5.97 Å². The average molecular weight is 481 g/mol. The number of benzene rings is 1. The fourth-order valence-electron chi connectivity index (χ4n) is 4.05. The lowest BCUT2D eigenvalue weighted by molar-refractivity contribution is 0.0350. The van der Waals surface area contributed by atoms with Gasteiger partial charge in [-0.15, -0.1) is 15.0 Å². The largest absolute Gasteiger partial charge is 0.493 e. The van der Waals surface area contributed by atoms with E-state index in [-0.39, 0.29) is 36.1 Å². The Hall–Kier alpha value is -4.02. The summed E-state index contributed by atoms with van der Waals surface area (Å²) in [6.07, 6.45) is 3.89. The molecule has 1 aliphatic heterocycles. The molecule has 0 aliphatic carbocycles. The maximum absolute atomic E-state index is 13.6. The van der Waals surface area contributed by atoms with Gasteiger partial charge in [-0.2, -0.15) is 0 Å². The Bertz CT molecular complexity index is 1170. The highest BCUT2D eigenvalue weighted by molar-refractivity contribution is 5.98. The maximum Gasteiger partial charge on any atom is 0.347 e. The molecule has 0 spiro atoms. The number of carbonyl (C=O) groups is 2. The second kappa shape index (κ2) is 10.9. The van der Waals surface area contributed by atoms with Crippen LogP contribution < -0.4 is 9.47 Å². The molecule has 1 aliphatic rings. The lowest BCUT2D eigenvalue weighted by atomic mass is 9.99. The summed E-state index contributed by atoms with van der Waals surface area (Å²) in [5.74, 6) is -0.248. The molecule has 11 nitrogen and oxygen atoms in total. The zero-order chi connectivity index (χ0) is 24.8. The van der Waals surface area contributed by atoms with Gasteiger partial charge in [-0.05, 0) is 57.0 Å². The van der Waals surface area contributed by atoms with Crippen LogP contribution in [0.1, 0.15) is 54.3 Å². The fraction of sp³-hybridized carbons (Fsp3) is 0.417. The molecule has 1 saturated heterocycles. The van der Waals surface area contributed by atoms with Gasteiger partial charge in [0.25, 0.3) is 5.91 Å². The van der Waals surface area contributed by atoms with Gasteiger partial charge in [0.15, 0.2) is 11.9 Å². The molecule has 2 atom stereocenters. The Labute approximate surface area is 203 Å². The number of ether oxygens (including phenoxy) is 3. The number of para-hydroxylation sites is 1. The molecule has 0 bridgehead atoms. The summed E-state index contributed by atoms with van der Waals surface area (Å²) in [6, 6.07) is 8.72. The van der Waals surface area contributed by atoms with Crippen molar-refractivity contribution < 1.29 is 23.8 Å². The van der Waals surface area contributed by atoms with Crippen molar-refractivity contribution in [2.75, 3.05) is 19.8 Å². The highest BCUT2D eigenvalue weighted by Gasteiger charge is 2.33. The van der Waals surface area contributed by atoms with Crippen molar-refractivity contribution >= 4 is 11.9 Å². The number of carbonyl (C=O) groups excluding carboxylic acids is 2. The molecule has 4 rings (SSSR count). The lowest BCUT2D eigenvalue weighted by Gasteiger charge is -2.38. The SMILES string of the molecule is CCOC(=O)c1c(OCC)ccnc1O[C@@H]1CC[C@@H](C)N(C(=O)c2ccccc2-n2ncnn2)C1. The van der Waals surface area contributed by atoms with Gasteiger partial charge in [0.1, 0.15) is 17.5 Å². The molecule has 1 aromatic carbocycles. The first-order valence-electron chi connectivity index (χ1n) is 11.6. The third kappa shape index (κ3) is 5.23. The third-order valence-corrected chi connectivity index (χ3v) is 5.73. The fourth-order valence-corrected chi connectivity index (χ4v) is 4.05. The second-order valence-electron chi connectivity index (χ2n) is 8.01. The molecule has 1 fully saturated rings. The van der Waals surface area contributed by atoms with Crippen molar-refractivity contribution in [2.24, 2.45) is 0 Å². The summed E-state index contributed by atoms with van der Waals surface area (Å²) in [4.78, 5) is 33.6. The van der Waals surface area contributed by atoms with Crippen LogP contribution in [0.25, 0.3) is 5.69 Å². The minimum atomic E-state index is -0.564. The van der Waals surface area contributed by atoms with Gasteiger partial charge in [0, 0.05) is 12.2 Å². The summed E-state index contributed by atoms with van der Waals surface area (Å²) >= 11 is 0. The minimum Gasteiger partial charge on any atom is -0.493 e. The van der Waals surface area contributed by atoms with Gasteiger partial charge in [-0.3, -0.25) is 4.79 Å². The molecular weight excluding hydrogens is 452 g/mol. The molecule has 11 heteroatoms. The van der Waals surface area contributed by atoms with Crippen molar-refractivity contribution in [2.45, 2.75) is 45.8 Å². The molecular formula is C24H28N6O5. The molecule has 0 saturated carbocycles. The topological polar surface area (TPSA) is 122 Å². The molecule has 184 valence electrons. The zero-order valence-electron chi connectivity index (χ0n) is 20.0. The molecule has 3 heterocycles. The van der Waals surface area contributed by atoms with E-state index in [9.17, 15) is 9.59 Å². The van der Waals surface area contributed by atoms with Crippen LogP contribution in [0.4, 0.5) is 0 Å². The number of hydrogen-bond acceptors (Lipinski definition) is 9. The van der Waals surface area contributed by atoms with E-state index < -0.39 is 5.97 Å². The summed E-state index contributed by atoms with van der Waals surface area (Å²) < 4.78 is 17.0. The van der Waals surface area contributed by atoms with E-state index in [1.807, 2.05) is 19.9 Å². The number of likely N-dealkylation sites (tertiary alicyclic amines) is 1. The monoisotopic (exact) mass is 480 g/mol. The molecule has 0 unspecified atom stereocenters. The first-order valence-corrected chi connectivity index (χ1v) is 11.6. The maximum atomic E-state index is 13.6. The first kappa shape index (κ1) is 24.1. The van der Waals surface area contributed by atoms with Crippen LogP contribution in [-0.2, 0) is 4.74 Å². The average Bonchev–Trinajstić information content (AvgIpc) is 3.40. The number of rotatable bonds is 8. The van der Waals surface area contributed by atoms with E-state index >= 15 is 0 Å². The number of esters is 1. The van der Waals surface area contributed by atoms with Gasteiger partial charge in [0.2, 0.25) is 5.88 Å². The molecule has 3 aromatic rings. The first-order chi connectivity index (χ1) is 17.0. The Morgan fingerprint density at radius 3 is 2.69 bits per heavy atom. The van der Waals surface area contributed by atoms with Crippen molar-refractivity contribution in [1.82, 2.24) is 30.1 Å². The summed E-state index contributed by atoms with van der Waals surface area (Å²) in [7, 11) is 0. The van der Waals surface area contributed by atoms with Crippen LogP contribution in [-0.4, -0.2) is 73.9 Å². The van der Waals surface area contributed by atoms with Crippen LogP contribution in [0, 0.1) is 0 Å². The Balaban J connectivity index is 1.58. The van der Waals surface area contributed by atoms with E-state index in [0.717, 1.165) is 6.42 Å². The van der Waals surface area contributed by atoms with E-state index in [0.29, 0.717) is 36.6 Å². The van der Waals surface area contributed by atoms with Crippen LogP contribution in [0.3, 0.4) is 0 Å². The van der Waals surface area contributed by atoms with Gasteiger partial charge < -0.3 is 19.1 Å². The molecule has 2 aromatic heterocycles. The molecule has 0 radical (unpaired) electrons. The summed E-state index contributed by atoms with van der Waals surface area (Å²) in [5.41, 5.74) is 1.15. The van der Waals surface area contributed by atoms with Crippen molar-refractivity contribution in [3.05, 3.63) is 54.0 Å². The van der Waals surface area contributed by atoms with Crippen molar-refractivity contribution in [1.29, 1.82) is 0 Å². The lowest BCUT2D eigenvalue weighted by Crippen LogP contribution is -2.49. The Morgan fingerprint density at radius 1 is 1.11 bits per heavy atom. The van der Waals surface area contributed by atoms with E-state index in [2.05, 4.69) is 20.4 Å². The normalized spacial score (nSPS) is 17.6. The predicted molar refractivity (Wildman–Crippen MR) is 125 cm³/mol. The predicted octanol–water partition coefficient (Wildman–Crippen LogP) is 2.70. The van der Waals surface area contributed by atoms with Crippen LogP contribution in [0.2, 0.25) is 0 Å². The Kier molecular flexibility index (Phi) is 7.54. The van der Waals surface area contributed by atoms with E-state index in [4.69, 9.17) is 14.2 Å². The van der Waals surface area contributed by atoms with Crippen LogP contribution in [0.15, 0.2) is 42.9 Å². The van der Waals surface area contributed by atoms with Gasteiger partial charge in [-0.25, -0.2) is 9.78 Å². The smallest absolute Gasteiger partial charge is 0.347 e. The minimum absolute atomic E-state index is 0.00800. The number of hydrogen-bond donors (Lipinski definition) is 0. The summed E-state index contributed by atoms with van der Waals surface area (Å²) in [6.45, 7) is 6.47. The molecule has 1 amide bonds. The quantitative estimate of drug-likeness (QED) is 0.448. The number of amides is 1. The van der Waals surface area contributed by atoms with Crippen LogP contribution in [0.5, 0.6) is 11.6 Å². The third-order valence-electron chi connectivity index (χ3n) is 5.73. The van der Waals surface area contributed by atoms with E-state index in [1.165, 1.54) is 17.3 Å². The standard InChI is InChI=1S/C24H28N6O5/c1-4-33-20-12-13-25-22(21(20)24(32)34-5-2)35-17-11-10-16(3)29(14-17)23(31)18-8-6-7-9-19(18)30-27-15-26-28-30/h6-9,12-13,15-17H,4-5,10-11,14H2,1-3H3/t16-,17-/m1/s1. The number of aromatic nitrogens is 5. The highest BCUT2D eigenvalue weighted by atomic mass is 16.5. The molecule has 35 heavy (non-hydrogen) atoms. The van der Waals surface area contributed by atoms with Crippen molar-refractivity contribution in [3.63, 3.8) is 0 Å². The highest BCUT2D eigenvalue weighted by Crippen LogP contribution is 2.30. The van der Waals surface area contributed by atoms with Crippen molar-refractivity contribution in [3.8, 4) is 17.3 Å². The second-order valence-corrected chi connectivity index (χ2v) is 8.01. The number of piperidine rings is 1.